The van der Waals surface area contributed by atoms with Gasteiger partial charge in [-0.05, 0) is 31.4 Å². The number of nitrogens with zero attached hydrogens (tertiary/aromatic N) is 1. The largest absolute Gasteiger partial charge is 0.381 e. The number of amides is 1. The molecular formula is C19H21F2N3O3. The molecule has 1 aromatic heterocycles. The lowest BCUT2D eigenvalue weighted by Gasteiger charge is -2.28. The number of nitrogens with one attached hydrogen (secondary N) is 2. The third-order valence-electron chi connectivity index (χ3n) is 4.59. The maximum atomic E-state index is 14.4. The molecule has 0 saturated carbocycles. The average Bonchev–Trinajstić information content (AvgIpc) is 2.68. The van der Waals surface area contributed by atoms with Crippen LogP contribution in [0.3, 0.4) is 0 Å². The van der Waals surface area contributed by atoms with E-state index in [0.717, 1.165) is 0 Å². The van der Waals surface area contributed by atoms with E-state index in [9.17, 15) is 18.4 Å². The van der Waals surface area contributed by atoms with Gasteiger partial charge in [-0.3, -0.25) is 9.59 Å². The van der Waals surface area contributed by atoms with Crippen molar-refractivity contribution in [2.75, 3.05) is 18.5 Å². The van der Waals surface area contributed by atoms with E-state index in [2.05, 4.69) is 15.3 Å². The summed E-state index contributed by atoms with van der Waals surface area (Å²) in [7, 11) is 0. The fourth-order valence-electron chi connectivity index (χ4n) is 3.03. The predicted octanol–water partition coefficient (Wildman–Crippen LogP) is 3.00. The molecule has 0 aliphatic carbocycles. The normalized spacial score (nSPS) is 15.5. The maximum absolute atomic E-state index is 14.4. The van der Waals surface area contributed by atoms with Gasteiger partial charge in [0, 0.05) is 42.1 Å². The minimum atomic E-state index is -3.48. The summed E-state index contributed by atoms with van der Waals surface area (Å²) in [6, 6.07) is 7.72. The molecule has 3 rings (SSSR count). The molecule has 0 atom stereocenters. The molecule has 2 heterocycles. The van der Waals surface area contributed by atoms with Gasteiger partial charge in [0.15, 0.2) is 0 Å². The van der Waals surface area contributed by atoms with Crippen molar-refractivity contribution in [3.63, 3.8) is 0 Å². The van der Waals surface area contributed by atoms with Crippen LogP contribution in [0, 0.1) is 5.92 Å². The van der Waals surface area contributed by atoms with E-state index in [0.29, 0.717) is 23.5 Å². The molecule has 2 aromatic rings. The predicted molar refractivity (Wildman–Crippen MR) is 96.8 cm³/mol. The third kappa shape index (κ3) is 4.39. The van der Waals surface area contributed by atoms with Crippen LogP contribution in [0.15, 0.2) is 35.1 Å². The van der Waals surface area contributed by atoms with Crippen molar-refractivity contribution in [2.45, 2.75) is 32.1 Å². The van der Waals surface area contributed by atoms with Crippen molar-refractivity contribution in [3.05, 3.63) is 46.4 Å². The number of aromatic nitrogens is 2. The fourth-order valence-corrected chi connectivity index (χ4v) is 3.03. The van der Waals surface area contributed by atoms with Gasteiger partial charge in [-0.15, -0.1) is 0 Å². The monoisotopic (exact) mass is 377 g/mol. The molecule has 8 heteroatoms. The first kappa shape index (κ1) is 19.2. The molecule has 144 valence electrons. The van der Waals surface area contributed by atoms with Gasteiger partial charge in [0.05, 0.1) is 0 Å². The van der Waals surface area contributed by atoms with Crippen LogP contribution in [0.2, 0.25) is 0 Å². The highest BCUT2D eigenvalue weighted by molar-refractivity contribution is 5.96. The van der Waals surface area contributed by atoms with Gasteiger partial charge in [0.1, 0.15) is 5.82 Å². The highest BCUT2D eigenvalue weighted by Gasteiger charge is 2.47. The first-order valence-corrected chi connectivity index (χ1v) is 8.88. The second-order valence-electron chi connectivity index (χ2n) is 6.48. The number of H-pyrrole nitrogens is 1. The van der Waals surface area contributed by atoms with Gasteiger partial charge in [0.2, 0.25) is 0 Å². The topological polar surface area (TPSA) is 84.1 Å². The smallest absolute Gasteiger partial charge is 0.327 e. The van der Waals surface area contributed by atoms with Crippen LogP contribution in [0.4, 0.5) is 14.5 Å². The fraction of sp³-hybridized carbons (Fsp3) is 0.421. The number of benzene rings is 1. The number of rotatable bonds is 5. The van der Waals surface area contributed by atoms with Gasteiger partial charge in [-0.2, -0.15) is 8.78 Å². The molecule has 0 unspecified atom stereocenters. The summed E-state index contributed by atoms with van der Waals surface area (Å²) in [6.45, 7) is 2.34. The lowest BCUT2D eigenvalue weighted by molar-refractivity contribution is -0.153. The molecule has 0 bridgehead atoms. The summed E-state index contributed by atoms with van der Waals surface area (Å²) < 4.78 is 34.0. The lowest BCUT2D eigenvalue weighted by atomic mass is 9.92. The number of aromatic amines is 1. The zero-order chi connectivity index (χ0) is 19.4. The van der Waals surface area contributed by atoms with E-state index in [1.807, 2.05) is 6.92 Å². The van der Waals surface area contributed by atoms with Crippen LogP contribution >= 0.6 is 0 Å². The zero-order valence-corrected chi connectivity index (χ0v) is 14.9. The number of hydrogen-bond acceptors (Lipinski definition) is 4. The van der Waals surface area contributed by atoms with Gasteiger partial charge in [-0.1, -0.05) is 19.1 Å². The highest BCUT2D eigenvalue weighted by atomic mass is 19.3. The maximum Gasteiger partial charge on any atom is 0.327 e. The summed E-state index contributed by atoms with van der Waals surface area (Å²) in [4.78, 5) is 30.9. The Balaban J connectivity index is 1.80. The van der Waals surface area contributed by atoms with Crippen LogP contribution in [0.25, 0.3) is 11.4 Å². The Bertz CT molecular complexity index is 876. The average molecular weight is 377 g/mol. The Morgan fingerprint density at radius 1 is 1.33 bits per heavy atom. The van der Waals surface area contributed by atoms with Crippen molar-refractivity contribution < 1.29 is 18.3 Å². The van der Waals surface area contributed by atoms with Crippen molar-refractivity contribution in [1.29, 1.82) is 0 Å². The third-order valence-corrected chi connectivity index (χ3v) is 4.59. The molecule has 1 saturated heterocycles. The quantitative estimate of drug-likeness (QED) is 0.839. The van der Waals surface area contributed by atoms with Gasteiger partial charge >= 0.3 is 5.92 Å². The van der Waals surface area contributed by atoms with E-state index in [1.165, 1.54) is 18.2 Å². The van der Waals surface area contributed by atoms with Gasteiger partial charge in [-0.25, -0.2) is 4.98 Å². The first-order valence-electron chi connectivity index (χ1n) is 8.88. The molecule has 1 aromatic carbocycles. The van der Waals surface area contributed by atoms with Crippen LogP contribution in [0.5, 0.6) is 0 Å². The highest BCUT2D eigenvalue weighted by Crippen LogP contribution is 2.33. The Morgan fingerprint density at radius 2 is 2.07 bits per heavy atom. The lowest BCUT2D eigenvalue weighted by Crippen LogP contribution is -2.43. The van der Waals surface area contributed by atoms with Gasteiger partial charge in [0.25, 0.3) is 11.5 Å². The number of ether oxygens (including phenoxy) is 1. The SMILES string of the molecule is CCc1cc(=O)[nH]c(-c2cccc(NC(=O)C(F)(F)C3CCOCC3)c2)n1. The second-order valence-corrected chi connectivity index (χ2v) is 6.48. The standard InChI is InChI=1S/C19H21F2N3O3/c1-2-14-11-16(25)24-17(22-14)12-4-3-5-15(10-12)23-18(26)19(20,21)13-6-8-27-9-7-13/h3-5,10-11,13H,2,6-9H2,1H3,(H,23,26)(H,22,24,25). The number of carbonyl (C=O) groups excluding carboxylic acids is 1. The van der Waals surface area contributed by atoms with Crippen LogP contribution in [-0.2, 0) is 16.0 Å². The number of carbonyl (C=O) groups is 1. The summed E-state index contributed by atoms with van der Waals surface area (Å²) in [5.74, 6) is -5.52. The first-order chi connectivity index (χ1) is 12.9. The van der Waals surface area contributed by atoms with Crippen molar-refractivity contribution >= 4 is 11.6 Å². The van der Waals surface area contributed by atoms with Crippen molar-refractivity contribution in [1.82, 2.24) is 9.97 Å². The summed E-state index contributed by atoms with van der Waals surface area (Å²) in [6.07, 6.45) is 0.884. The Labute approximate surface area is 155 Å². The molecule has 1 aliphatic heterocycles. The number of halogens is 2. The Kier molecular flexibility index (Phi) is 5.65. The summed E-state index contributed by atoms with van der Waals surface area (Å²) >= 11 is 0. The van der Waals surface area contributed by atoms with E-state index < -0.39 is 17.7 Å². The molecule has 2 N–H and O–H groups in total. The Hall–Kier alpha value is -2.61. The molecular weight excluding hydrogens is 356 g/mol. The van der Waals surface area contributed by atoms with Crippen LogP contribution in [-0.4, -0.2) is 35.0 Å². The van der Waals surface area contributed by atoms with Crippen molar-refractivity contribution in [3.8, 4) is 11.4 Å². The van der Waals surface area contributed by atoms with Crippen LogP contribution in [0.1, 0.15) is 25.5 Å². The Morgan fingerprint density at radius 3 is 2.78 bits per heavy atom. The van der Waals surface area contributed by atoms with E-state index in [4.69, 9.17) is 4.74 Å². The molecule has 1 amide bonds. The number of aryl methyl sites for hydroxylation is 1. The van der Waals surface area contributed by atoms with Gasteiger partial charge < -0.3 is 15.0 Å². The second kappa shape index (κ2) is 7.96. The summed E-state index contributed by atoms with van der Waals surface area (Å²) in [5, 5.41) is 2.28. The number of anilines is 1. The number of alkyl halides is 2. The minimum Gasteiger partial charge on any atom is -0.381 e. The van der Waals surface area contributed by atoms with Crippen LogP contribution < -0.4 is 10.9 Å². The van der Waals surface area contributed by atoms with Crippen molar-refractivity contribution in [2.24, 2.45) is 5.92 Å². The van der Waals surface area contributed by atoms with E-state index in [-0.39, 0.29) is 37.3 Å². The van der Waals surface area contributed by atoms with E-state index >= 15 is 0 Å². The minimum absolute atomic E-state index is 0.148. The number of hydrogen-bond donors (Lipinski definition) is 2. The van der Waals surface area contributed by atoms with E-state index in [1.54, 1.807) is 12.1 Å². The molecule has 1 aliphatic rings. The molecule has 1 fully saturated rings. The molecule has 6 nitrogen and oxygen atoms in total. The molecule has 27 heavy (non-hydrogen) atoms. The molecule has 0 radical (unpaired) electrons. The molecule has 0 spiro atoms. The zero-order valence-electron chi connectivity index (χ0n) is 14.9. The summed E-state index contributed by atoms with van der Waals surface area (Å²) in [5.41, 5.74) is 1.06.